The van der Waals surface area contributed by atoms with Crippen molar-refractivity contribution in [3.63, 3.8) is 0 Å². The summed E-state index contributed by atoms with van der Waals surface area (Å²) in [4.78, 5) is 0. The number of benzene rings is 1. The quantitative estimate of drug-likeness (QED) is 0.639. The Kier molecular flexibility index (Phi) is 5.03. The Hall–Kier alpha value is -1.99. The summed E-state index contributed by atoms with van der Waals surface area (Å²) in [5.41, 5.74) is 1.32. The summed E-state index contributed by atoms with van der Waals surface area (Å²) in [7, 11) is 1.84. The Labute approximate surface area is 122 Å². The molecule has 0 amide bonds. The second-order valence-corrected chi connectivity index (χ2v) is 4.53. The first-order chi connectivity index (χ1) is 9.69. The maximum atomic E-state index is 13.3. The molecule has 0 radical (unpaired) electrons. The molecule has 0 aliphatic heterocycles. The highest BCUT2D eigenvalue weighted by atomic mass is 35.5. The molecule has 1 aromatic heterocycles. The number of halogens is 2. The molecule has 0 aliphatic rings. The Morgan fingerprint density at radius 3 is 2.95 bits per heavy atom. The van der Waals surface area contributed by atoms with Gasteiger partial charge in [0.05, 0.1) is 11.3 Å². The number of hydrogen-bond acceptors (Lipinski definition) is 2. The van der Waals surface area contributed by atoms with E-state index in [1.54, 1.807) is 10.7 Å². The Bertz CT molecular complexity index is 643. The van der Waals surface area contributed by atoms with Crippen molar-refractivity contribution in [1.82, 2.24) is 9.78 Å². The van der Waals surface area contributed by atoms with Crippen LogP contribution in [0.15, 0.2) is 30.5 Å². The molecule has 5 heteroatoms. The van der Waals surface area contributed by atoms with Gasteiger partial charge >= 0.3 is 0 Å². The zero-order chi connectivity index (χ0) is 14.4. The van der Waals surface area contributed by atoms with Crippen molar-refractivity contribution in [3.8, 4) is 17.6 Å². The van der Waals surface area contributed by atoms with Gasteiger partial charge in [-0.15, -0.1) is 11.6 Å². The van der Waals surface area contributed by atoms with E-state index < -0.39 is 0 Å². The number of rotatable bonds is 4. The average molecular weight is 293 g/mol. The van der Waals surface area contributed by atoms with Gasteiger partial charge in [0.1, 0.15) is 18.2 Å². The van der Waals surface area contributed by atoms with Crippen molar-refractivity contribution < 1.29 is 9.13 Å². The van der Waals surface area contributed by atoms with Crippen LogP contribution >= 0.6 is 11.6 Å². The van der Waals surface area contributed by atoms with Crippen molar-refractivity contribution in [2.24, 2.45) is 7.05 Å². The summed E-state index contributed by atoms with van der Waals surface area (Å²) < 4.78 is 20.6. The van der Waals surface area contributed by atoms with Crippen molar-refractivity contribution in [3.05, 3.63) is 47.5 Å². The molecule has 3 nitrogen and oxygen atoms in total. The van der Waals surface area contributed by atoms with E-state index in [9.17, 15) is 4.39 Å². The number of alkyl halides is 1. The van der Waals surface area contributed by atoms with Crippen LogP contribution in [0.25, 0.3) is 0 Å². The molecule has 0 bridgehead atoms. The maximum Gasteiger partial charge on any atom is 0.135 e. The monoisotopic (exact) mass is 292 g/mol. The van der Waals surface area contributed by atoms with Gasteiger partial charge in [-0.3, -0.25) is 4.68 Å². The number of hydrogen-bond donors (Lipinski definition) is 0. The molecule has 0 N–H and O–H groups in total. The molecule has 20 heavy (non-hydrogen) atoms. The van der Waals surface area contributed by atoms with E-state index in [0.717, 1.165) is 5.69 Å². The minimum atomic E-state index is -0.342. The molecular weight excluding hydrogens is 279 g/mol. The lowest BCUT2D eigenvalue weighted by molar-refractivity contribution is 0.299. The smallest absolute Gasteiger partial charge is 0.135 e. The molecule has 104 valence electrons. The fourth-order valence-corrected chi connectivity index (χ4v) is 1.72. The molecule has 0 unspecified atom stereocenters. The van der Waals surface area contributed by atoms with Crippen LogP contribution in [0, 0.1) is 17.7 Å². The molecule has 0 aliphatic carbocycles. The standard InChI is InChI=1S/C15H14ClFN2O/c1-19-9-7-14(18-19)11-20-15-6-5-13(17)10-12(15)4-2-3-8-16/h5-7,9-10H,3,8,11H2,1H3. The fourth-order valence-electron chi connectivity index (χ4n) is 1.62. The number of ether oxygens (including phenoxy) is 1. The Balaban J connectivity index is 2.12. The SMILES string of the molecule is Cn1ccc(COc2ccc(F)cc2C#CCCCl)n1. The summed E-state index contributed by atoms with van der Waals surface area (Å²) in [6, 6.07) is 6.14. The van der Waals surface area contributed by atoms with Gasteiger partial charge in [0, 0.05) is 25.5 Å². The van der Waals surface area contributed by atoms with E-state index in [1.807, 2.05) is 19.3 Å². The summed E-state index contributed by atoms with van der Waals surface area (Å²) in [6.07, 6.45) is 2.39. The molecule has 2 rings (SSSR count). The first-order valence-electron chi connectivity index (χ1n) is 6.15. The van der Waals surface area contributed by atoms with Crippen molar-refractivity contribution in [2.75, 3.05) is 5.88 Å². The zero-order valence-electron chi connectivity index (χ0n) is 11.1. The predicted octanol–water partition coefficient (Wildman–Crippen LogP) is 3.12. The van der Waals surface area contributed by atoms with Gasteiger partial charge in [0.15, 0.2) is 0 Å². The summed E-state index contributed by atoms with van der Waals surface area (Å²) >= 11 is 5.56. The highest BCUT2D eigenvalue weighted by Gasteiger charge is 2.05. The zero-order valence-corrected chi connectivity index (χ0v) is 11.8. The van der Waals surface area contributed by atoms with Gasteiger partial charge in [-0.25, -0.2) is 4.39 Å². The van der Waals surface area contributed by atoms with E-state index >= 15 is 0 Å². The molecule has 0 saturated heterocycles. The molecule has 0 saturated carbocycles. The third-order valence-corrected chi connectivity index (χ3v) is 2.72. The van der Waals surface area contributed by atoms with E-state index in [2.05, 4.69) is 16.9 Å². The number of aryl methyl sites for hydroxylation is 1. The maximum absolute atomic E-state index is 13.3. The first-order valence-corrected chi connectivity index (χ1v) is 6.68. The molecule has 1 heterocycles. The fraction of sp³-hybridized carbons (Fsp3) is 0.267. The Morgan fingerprint density at radius 1 is 1.40 bits per heavy atom. The van der Waals surface area contributed by atoms with Gasteiger partial charge < -0.3 is 4.74 Å². The van der Waals surface area contributed by atoms with Crippen molar-refractivity contribution >= 4 is 11.6 Å². The molecule has 2 aromatic rings. The highest BCUT2D eigenvalue weighted by Crippen LogP contribution is 2.20. The predicted molar refractivity (Wildman–Crippen MR) is 76.2 cm³/mol. The Morgan fingerprint density at radius 2 is 2.25 bits per heavy atom. The molecule has 0 atom stereocenters. The topological polar surface area (TPSA) is 27.1 Å². The summed E-state index contributed by atoms with van der Waals surface area (Å²) in [6.45, 7) is 0.316. The van der Waals surface area contributed by atoms with Crippen LogP contribution in [-0.4, -0.2) is 15.7 Å². The normalized spacial score (nSPS) is 9.95. The van der Waals surface area contributed by atoms with Crippen LogP contribution in [0.2, 0.25) is 0 Å². The minimum absolute atomic E-state index is 0.316. The largest absolute Gasteiger partial charge is 0.486 e. The molecule has 0 fully saturated rings. The lowest BCUT2D eigenvalue weighted by Gasteiger charge is -2.06. The van der Waals surface area contributed by atoms with E-state index in [4.69, 9.17) is 16.3 Å². The summed E-state index contributed by atoms with van der Waals surface area (Å²) in [5.74, 6) is 6.39. The van der Waals surface area contributed by atoms with Crippen molar-refractivity contribution in [1.29, 1.82) is 0 Å². The van der Waals surface area contributed by atoms with Gasteiger partial charge in [0.2, 0.25) is 0 Å². The van der Waals surface area contributed by atoms with E-state index in [1.165, 1.54) is 12.1 Å². The lowest BCUT2D eigenvalue weighted by atomic mass is 10.2. The first kappa shape index (κ1) is 14.4. The van der Waals surface area contributed by atoms with Gasteiger partial charge in [-0.05, 0) is 24.3 Å². The van der Waals surface area contributed by atoms with E-state index in [0.29, 0.717) is 30.2 Å². The molecule has 1 aromatic carbocycles. The lowest BCUT2D eigenvalue weighted by Crippen LogP contribution is -1.99. The molecular formula is C15H14ClFN2O. The average Bonchev–Trinajstić information content (AvgIpc) is 2.84. The van der Waals surface area contributed by atoms with Crippen molar-refractivity contribution in [2.45, 2.75) is 13.0 Å². The second-order valence-electron chi connectivity index (χ2n) is 4.15. The van der Waals surface area contributed by atoms with Crippen LogP contribution in [-0.2, 0) is 13.7 Å². The molecule has 0 spiro atoms. The second kappa shape index (κ2) is 6.97. The van der Waals surface area contributed by atoms with Crippen LogP contribution < -0.4 is 4.74 Å². The van der Waals surface area contributed by atoms with Gasteiger partial charge in [0.25, 0.3) is 0 Å². The number of nitrogens with zero attached hydrogens (tertiary/aromatic N) is 2. The van der Waals surface area contributed by atoms with Crippen LogP contribution in [0.3, 0.4) is 0 Å². The third-order valence-electron chi connectivity index (χ3n) is 2.53. The highest BCUT2D eigenvalue weighted by molar-refractivity contribution is 6.18. The van der Waals surface area contributed by atoms with Gasteiger partial charge in [-0.1, -0.05) is 11.8 Å². The third kappa shape index (κ3) is 4.01. The minimum Gasteiger partial charge on any atom is -0.486 e. The van der Waals surface area contributed by atoms with Gasteiger partial charge in [-0.2, -0.15) is 5.10 Å². The van der Waals surface area contributed by atoms with Crippen LogP contribution in [0.5, 0.6) is 5.75 Å². The van der Waals surface area contributed by atoms with E-state index in [-0.39, 0.29) is 5.82 Å². The summed E-state index contributed by atoms with van der Waals surface area (Å²) in [5, 5.41) is 4.21. The number of aromatic nitrogens is 2. The van der Waals surface area contributed by atoms with Crippen LogP contribution in [0.1, 0.15) is 17.7 Å². The van der Waals surface area contributed by atoms with Crippen LogP contribution in [0.4, 0.5) is 4.39 Å².